The quantitative estimate of drug-likeness (QED) is 0.561. The molecule has 0 aliphatic carbocycles. The summed E-state index contributed by atoms with van der Waals surface area (Å²) in [5, 5.41) is 2.80. The molecule has 0 atom stereocenters. The van der Waals surface area contributed by atoms with E-state index in [1.165, 1.54) is 4.31 Å². The summed E-state index contributed by atoms with van der Waals surface area (Å²) in [7, 11) is 0. The Hall–Kier alpha value is -2.87. The first-order valence-corrected chi connectivity index (χ1v) is 9.41. The third kappa shape index (κ3) is 5.82. The van der Waals surface area contributed by atoms with Gasteiger partial charge in [-0.25, -0.2) is 9.10 Å². The zero-order valence-corrected chi connectivity index (χ0v) is 16.9. The predicted molar refractivity (Wildman–Crippen MR) is 112 cm³/mol. The van der Waals surface area contributed by atoms with Crippen molar-refractivity contribution in [3.8, 4) is 11.5 Å². The molecule has 8 heteroatoms. The number of thiol groups is 1. The van der Waals surface area contributed by atoms with Crippen molar-refractivity contribution in [3.63, 3.8) is 0 Å². The summed E-state index contributed by atoms with van der Waals surface area (Å²) in [6.45, 7) is 5.37. The summed E-state index contributed by atoms with van der Waals surface area (Å²) in [6, 6.07) is 11.7. The zero-order chi connectivity index (χ0) is 20.5. The Morgan fingerprint density at radius 2 is 1.68 bits per heavy atom. The standard InChI is InChI=1S/C20H25N3O4S/c1-3-26-17-10-5-14(13-18(17)27-4-2)11-12-22-20(25)23(28)16-8-6-15(7-9-16)19(21)24/h5-10,13,28H,3-4,11-12H2,1-2H3,(H2,21,24)(H,22,25). The van der Waals surface area contributed by atoms with E-state index in [1.54, 1.807) is 24.3 Å². The van der Waals surface area contributed by atoms with Crippen LogP contribution in [0.3, 0.4) is 0 Å². The van der Waals surface area contributed by atoms with Gasteiger partial charge in [-0.15, -0.1) is 0 Å². The van der Waals surface area contributed by atoms with Gasteiger partial charge in [-0.1, -0.05) is 18.9 Å². The highest BCUT2D eigenvalue weighted by Gasteiger charge is 2.12. The molecule has 2 aromatic rings. The number of rotatable bonds is 9. The van der Waals surface area contributed by atoms with Gasteiger partial charge in [0.05, 0.1) is 18.9 Å². The fourth-order valence-electron chi connectivity index (χ4n) is 2.52. The Morgan fingerprint density at radius 3 is 2.29 bits per heavy atom. The van der Waals surface area contributed by atoms with Crippen LogP contribution in [-0.2, 0) is 6.42 Å². The molecule has 0 saturated carbocycles. The van der Waals surface area contributed by atoms with Crippen LogP contribution in [0.1, 0.15) is 29.8 Å². The first-order chi connectivity index (χ1) is 13.5. The SMILES string of the molecule is CCOc1ccc(CCNC(=O)N(S)c2ccc(C(N)=O)cc2)cc1OCC. The molecule has 2 aromatic carbocycles. The van der Waals surface area contributed by atoms with Crippen molar-refractivity contribution in [1.82, 2.24) is 5.32 Å². The maximum absolute atomic E-state index is 12.3. The number of carbonyl (C=O) groups excluding carboxylic acids is 2. The van der Waals surface area contributed by atoms with Gasteiger partial charge in [-0.05, 0) is 62.2 Å². The lowest BCUT2D eigenvalue weighted by Crippen LogP contribution is -2.35. The summed E-state index contributed by atoms with van der Waals surface area (Å²) >= 11 is 4.21. The lowest BCUT2D eigenvalue weighted by atomic mass is 10.1. The Kier molecular flexibility index (Phi) is 8.01. The summed E-state index contributed by atoms with van der Waals surface area (Å²) in [4.78, 5) is 23.4. The van der Waals surface area contributed by atoms with Gasteiger partial charge in [0.15, 0.2) is 11.5 Å². The number of primary amides is 1. The van der Waals surface area contributed by atoms with Crippen molar-refractivity contribution < 1.29 is 19.1 Å². The lowest BCUT2D eigenvalue weighted by molar-refractivity contribution is 0.100. The van der Waals surface area contributed by atoms with Crippen LogP contribution in [0, 0.1) is 0 Å². The number of hydrogen-bond donors (Lipinski definition) is 3. The van der Waals surface area contributed by atoms with E-state index in [0.717, 1.165) is 5.56 Å². The van der Waals surface area contributed by atoms with Crippen LogP contribution in [-0.4, -0.2) is 31.7 Å². The van der Waals surface area contributed by atoms with Gasteiger partial charge in [0.2, 0.25) is 5.91 Å². The molecule has 0 spiro atoms. The molecule has 0 bridgehead atoms. The Balaban J connectivity index is 1.92. The predicted octanol–water partition coefficient (Wildman–Crippen LogP) is 3.19. The minimum Gasteiger partial charge on any atom is -0.490 e. The van der Waals surface area contributed by atoms with Crippen LogP contribution < -0.4 is 24.8 Å². The molecule has 3 amide bonds. The second kappa shape index (κ2) is 10.5. The zero-order valence-electron chi connectivity index (χ0n) is 16.0. The minimum atomic E-state index is -0.525. The van der Waals surface area contributed by atoms with E-state index < -0.39 is 5.91 Å². The van der Waals surface area contributed by atoms with E-state index in [1.807, 2.05) is 32.0 Å². The van der Waals surface area contributed by atoms with Crippen LogP contribution in [0.5, 0.6) is 11.5 Å². The third-order valence-corrected chi connectivity index (χ3v) is 4.30. The molecule has 28 heavy (non-hydrogen) atoms. The molecule has 0 radical (unpaired) electrons. The summed E-state index contributed by atoms with van der Waals surface area (Å²) in [6.07, 6.45) is 0.625. The first-order valence-electron chi connectivity index (χ1n) is 9.01. The van der Waals surface area contributed by atoms with Crippen LogP contribution in [0.4, 0.5) is 10.5 Å². The number of nitrogens with two attached hydrogens (primary N) is 1. The number of ether oxygens (including phenoxy) is 2. The van der Waals surface area contributed by atoms with E-state index in [-0.39, 0.29) is 6.03 Å². The fraction of sp³-hybridized carbons (Fsp3) is 0.300. The van der Waals surface area contributed by atoms with E-state index in [0.29, 0.717) is 48.9 Å². The highest BCUT2D eigenvalue weighted by Crippen LogP contribution is 2.28. The van der Waals surface area contributed by atoms with Crippen LogP contribution in [0.25, 0.3) is 0 Å². The number of benzene rings is 2. The van der Waals surface area contributed by atoms with Crippen LogP contribution in [0.2, 0.25) is 0 Å². The average molecular weight is 404 g/mol. The molecule has 3 N–H and O–H groups in total. The maximum Gasteiger partial charge on any atom is 0.331 e. The van der Waals surface area contributed by atoms with E-state index in [2.05, 4.69) is 18.1 Å². The number of nitrogens with one attached hydrogen (secondary N) is 1. The molecule has 7 nitrogen and oxygen atoms in total. The van der Waals surface area contributed by atoms with E-state index in [4.69, 9.17) is 15.2 Å². The highest BCUT2D eigenvalue weighted by molar-refractivity contribution is 7.82. The van der Waals surface area contributed by atoms with Crippen molar-refractivity contribution in [1.29, 1.82) is 0 Å². The topological polar surface area (TPSA) is 93.9 Å². The second-order valence-electron chi connectivity index (χ2n) is 5.85. The van der Waals surface area contributed by atoms with Crippen LogP contribution in [0.15, 0.2) is 42.5 Å². The lowest BCUT2D eigenvalue weighted by Gasteiger charge is -2.17. The van der Waals surface area contributed by atoms with Crippen LogP contribution >= 0.6 is 12.8 Å². The van der Waals surface area contributed by atoms with E-state index in [9.17, 15) is 9.59 Å². The monoisotopic (exact) mass is 403 g/mol. The fourth-order valence-corrected chi connectivity index (χ4v) is 2.73. The van der Waals surface area contributed by atoms with Crippen molar-refractivity contribution in [2.75, 3.05) is 24.1 Å². The molecule has 0 aromatic heterocycles. The molecule has 0 saturated heterocycles. The largest absolute Gasteiger partial charge is 0.490 e. The molecule has 2 rings (SSSR count). The number of anilines is 1. The Bertz CT molecular complexity index is 812. The van der Waals surface area contributed by atoms with Crippen molar-refractivity contribution in [2.24, 2.45) is 5.73 Å². The Morgan fingerprint density at radius 1 is 1.04 bits per heavy atom. The second-order valence-corrected chi connectivity index (χ2v) is 6.25. The van der Waals surface area contributed by atoms with E-state index >= 15 is 0 Å². The smallest absolute Gasteiger partial charge is 0.331 e. The van der Waals surface area contributed by atoms with Gasteiger partial charge in [0.25, 0.3) is 0 Å². The number of urea groups is 1. The first kappa shape index (κ1) is 21.4. The maximum atomic E-state index is 12.3. The third-order valence-electron chi connectivity index (χ3n) is 3.89. The highest BCUT2D eigenvalue weighted by atomic mass is 32.1. The molecule has 0 heterocycles. The minimum absolute atomic E-state index is 0.367. The molecule has 0 aliphatic rings. The summed E-state index contributed by atoms with van der Waals surface area (Å²) in [5.74, 6) is 0.875. The Labute approximate surface area is 170 Å². The van der Waals surface area contributed by atoms with Crippen molar-refractivity contribution >= 4 is 30.4 Å². The normalized spacial score (nSPS) is 10.2. The van der Waals surface area contributed by atoms with Crippen molar-refractivity contribution in [3.05, 3.63) is 53.6 Å². The van der Waals surface area contributed by atoms with Gasteiger partial charge < -0.3 is 20.5 Å². The number of amides is 3. The molecular weight excluding hydrogens is 378 g/mol. The van der Waals surface area contributed by atoms with Gasteiger partial charge in [0.1, 0.15) is 0 Å². The van der Waals surface area contributed by atoms with Crippen molar-refractivity contribution in [2.45, 2.75) is 20.3 Å². The average Bonchev–Trinajstić information content (AvgIpc) is 2.69. The molecular formula is C20H25N3O4S. The molecule has 0 unspecified atom stereocenters. The summed E-state index contributed by atoms with van der Waals surface area (Å²) in [5.41, 5.74) is 7.13. The molecule has 0 fully saturated rings. The van der Waals surface area contributed by atoms with Gasteiger partial charge in [0, 0.05) is 12.1 Å². The summed E-state index contributed by atoms with van der Waals surface area (Å²) < 4.78 is 12.3. The number of hydrogen-bond acceptors (Lipinski definition) is 5. The van der Waals surface area contributed by atoms with Gasteiger partial charge in [-0.2, -0.15) is 0 Å². The molecule has 0 aliphatic heterocycles. The molecule has 150 valence electrons. The van der Waals surface area contributed by atoms with Gasteiger partial charge >= 0.3 is 6.03 Å². The number of nitrogens with zero attached hydrogens (tertiary/aromatic N) is 1. The van der Waals surface area contributed by atoms with Gasteiger partial charge in [-0.3, -0.25) is 4.79 Å². The number of carbonyl (C=O) groups is 2.